The summed E-state index contributed by atoms with van der Waals surface area (Å²) in [6, 6.07) is 15.6. The van der Waals surface area contributed by atoms with Gasteiger partial charge in [0.2, 0.25) is 5.91 Å². The summed E-state index contributed by atoms with van der Waals surface area (Å²) < 4.78 is 7.45. The lowest BCUT2D eigenvalue weighted by Crippen LogP contribution is -2.35. The molecule has 2 aromatic carbocycles. The quantitative estimate of drug-likeness (QED) is 0.494. The van der Waals surface area contributed by atoms with Gasteiger partial charge in [0.1, 0.15) is 11.4 Å². The number of anilines is 2. The second-order valence-corrected chi connectivity index (χ2v) is 8.79. The molecule has 0 atom stereocenters. The van der Waals surface area contributed by atoms with Gasteiger partial charge in [0.05, 0.1) is 23.5 Å². The zero-order valence-corrected chi connectivity index (χ0v) is 19.7. The summed E-state index contributed by atoms with van der Waals surface area (Å²) in [6.45, 7) is 6.20. The molecule has 4 aromatic rings. The summed E-state index contributed by atoms with van der Waals surface area (Å²) >= 11 is 0. The first-order chi connectivity index (χ1) is 16.3. The van der Waals surface area contributed by atoms with Crippen LogP contribution in [0.3, 0.4) is 0 Å². The van der Waals surface area contributed by atoms with Crippen molar-refractivity contribution in [2.24, 2.45) is 0 Å². The molecule has 0 unspecified atom stereocenters. The normalized spacial score (nSPS) is 13.1. The fraction of sp³-hybridized carbons (Fsp3) is 0.222. The Morgan fingerprint density at radius 2 is 1.88 bits per heavy atom. The number of likely N-dealkylation sites (N-methyl/N-ethyl adjacent to an activating group) is 1. The van der Waals surface area contributed by atoms with E-state index in [2.05, 4.69) is 37.4 Å². The van der Waals surface area contributed by atoms with Crippen LogP contribution in [0, 0.1) is 20.8 Å². The van der Waals surface area contributed by atoms with Crippen molar-refractivity contribution in [2.75, 3.05) is 23.9 Å². The van der Waals surface area contributed by atoms with Gasteiger partial charge < -0.3 is 19.4 Å². The highest BCUT2D eigenvalue weighted by molar-refractivity contribution is 5.99. The number of nitrogens with zero attached hydrogens (tertiary/aromatic N) is 3. The monoisotopic (exact) mass is 454 g/mol. The van der Waals surface area contributed by atoms with Gasteiger partial charge in [0, 0.05) is 24.5 Å². The second-order valence-electron chi connectivity index (χ2n) is 8.79. The number of ether oxygens (including phenoxy) is 1. The molecule has 0 saturated carbocycles. The number of hydrogen-bond donors (Lipinski definition) is 1. The molecule has 0 radical (unpaired) electrons. The number of imidazole rings is 1. The Kier molecular flexibility index (Phi) is 5.32. The zero-order chi connectivity index (χ0) is 24.0. The van der Waals surface area contributed by atoms with Gasteiger partial charge in [-0.15, -0.1) is 0 Å². The summed E-state index contributed by atoms with van der Waals surface area (Å²) in [6.07, 6.45) is 2.11. The maximum Gasteiger partial charge on any atom is 0.264 e. The minimum atomic E-state index is -0.168. The van der Waals surface area contributed by atoms with Crippen LogP contribution < -0.4 is 15.0 Å². The molecule has 172 valence electrons. The summed E-state index contributed by atoms with van der Waals surface area (Å²) in [5, 5.41) is 2.97. The fourth-order valence-electron chi connectivity index (χ4n) is 4.19. The highest BCUT2D eigenvalue weighted by Crippen LogP contribution is 2.34. The van der Waals surface area contributed by atoms with Crippen LogP contribution in [0.25, 0.3) is 16.9 Å². The Labute approximate surface area is 198 Å². The molecule has 7 heteroatoms. The van der Waals surface area contributed by atoms with E-state index in [4.69, 9.17) is 9.72 Å². The lowest BCUT2D eigenvalue weighted by Gasteiger charge is -2.26. The molecule has 0 aliphatic carbocycles. The van der Waals surface area contributed by atoms with Crippen molar-refractivity contribution >= 4 is 28.8 Å². The lowest BCUT2D eigenvalue weighted by molar-refractivity contribution is -0.121. The molecule has 7 nitrogen and oxygen atoms in total. The van der Waals surface area contributed by atoms with Crippen LogP contribution in [0.5, 0.6) is 5.75 Å². The van der Waals surface area contributed by atoms with Crippen molar-refractivity contribution in [3.05, 3.63) is 77.1 Å². The number of pyridine rings is 1. The summed E-state index contributed by atoms with van der Waals surface area (Å²) in [7, 11) is 1.70. The third-order valence-corrected chi connectivity index (χ3v) is 6.32. The molecule has 34 heavy (non-hydrogen) atoms. The van der Waals surface area contributed by atoms with Crippen molar-refractivity contribution in [3.8, 4) is 17.0 Å². The first-order valence-corrected chi connectivity index (χ1v) is 11.2. The van der Waals surface area contributed by atoms with Crippen molar-refractivity contribution in [2.45, 2.75) is 27.2 Å². The van der Waals surface area contributed by atoms with Gasteiger partial charge in [0.25, 0.3) is 5.91 Å². The zero-order valence-electron chi connectivity index (χ0n) is 19.7. The van der Waals surface area contributed by atoms with E-state index in [0.29, 0.717) is 17.1 Å². The Hall–Kier alpha value is -4.13. The number of benzene rings is 2. The van der Waals surface area contributed by atoms with Crippen LogP contribution in [-0.4, -0.2) is 34.9 Å². The Morgan fingerprint density at radius 3 is 2.68 bits per heavy atom. The standard InChI is InChI=1S/C27H26N4O3/c1-16-9-10-31-22(27(29-24(31)11-16)19-6-5-17(2)18(3)12-19)14-25(32)28-20-7-8-23-21(13-20)30(4)26(33)15-34-23/h5-13H,14-15H2,1-4H3,(H,28,32). The van der Waals surface area contributed by atoms with E-state index >= 15 is 0 Å². The van der Waals surface area contributed by atoms with E-state index in [1.165, 1.54) is 11.1 Å². The van der Waals surface area contributed by atoms with Crippen LogP contribution in [0.2, 0.25) is 0 Å². The SMILES string of the molecule is Cc1ccn2c(CC(=O)Nc3ccc4c(c3)N(C)C(=O)CO4)c(-c3ccc(C)c(C)c3)nc2c1. The van der Waals surface area contributed by atoms with Crippen LogP contribution >= 0.6 is 0 Å². The largest absolute Gasteiger partial charge is 0.482 e. The van der Waals surface area contributed by atoms with Crippen molar-refractivity contribution in [1.82, 2.24) is 9.38 Å². The molecule has 2 amide bonds. The molecule has 0 spiro atoms. The van der Waals surface area contributed by atoms with E-state index in [1.807, 2.05) is 29.7 Å². The van der Waals surface area contributed by atoms with E-state index in [1.54, 1.807) is 30.1 Å². The minimum absolute atomic E-state index is 0.0181. The number of carbonyl (C=O) groups is 2. The number of fused-ring (bicyclic) bond motifs is 2. The Morgan fingerprint density at radius 1 is 1.06 bits per heavy atom. The van der Waals surface area contributed by atoms with Gasteiger partial charge in [-0.1, -0.05) is 12.1 Å². The number of nitrogens with one attached hydrogen (secondary N) is 1. The third kappa shape index (κ3) is 3.90. The average Bonchev–Trinajstić information content (AvgIpc) is 3.15. The molecule has 1 aliphatic heterocycles. The van der Waals surface area contributed by atoms with Gasteiger partial charge in [-0.3, -0.25) is 9.59 Å². The van der Waals surface area contributed by atoms with E-state index in [-0.39, 0.29) is 24.8 Å². The molecule has 0 saturated heterocycles. The predicted octanol–water partition coefficient (Wildman–Crippen LogP) is 4.46. The Balaban J connectivity index is 1.48. The molecule has 0 bridgehead atoms. The number of aryl methyl sites for hydroxylation is 3. The van der Waals surface area contributed by atoms with Gasteiger partial charge in [-0.05, 0) is 73.9 Å². The molecular formula is C27H26N4O3. The number of hydrogen-bond acceptors (Lipinski definition) is 4. The minimum Gasteiger partial charge on any atom is -0.482 e. The average molecular weight is 455 g/mol. The first kappa shape index (κ1) is 21.7. The van der Waals surface area contributed by atoms with Crippen LogP contribution in [-0.2, 0) is 16.0 Å². The number of aromatic nitrogens is 2. The van der Waals surface area contributed by atoms with E-state index < -0.39 is 0 Å². The summed E-state index contributed by atoms with van der Waals surface area (Å²) in [5.41, 5.74) is 8.15. The highest BCUT2D eigenvalue weighted by atomic mass is 16.5. The van der Waals surface area contributed by atoms with Crippen molar-refractivity contribution in [3.63, 3.8) is 0 Å². The first-order valence-electron chi connectivity index (χ1n) is 11.2. The molecular weight excluding hydrogens is 428 g/mol. The number of rotatable bonds is 4. The molecule has 5 rings (SSSR count). The van der Waals surface area contributed by atoms with Crippen LogP contribution in [0.15, 0.2) is 54.7 Å². The Bertz CT molecular complexity index is 1450. The molecule has 1 aliphatic rings. The molecule has 2 aromatic heterocycles. The number of amides is 2. The smallest absolute Gasteiger partial charge is 0.264 e. The summed E-state index contributed by atoms with van der Waals surface area (Å²) in [5.74, 6) is 0.322. The van der Waals surface area contributed by atoms with E-state index in [0.717, 1.165) is 28.2 Å². The van der Waals surface area contributed by atoms with Crippen molar-refractivity contribution < 1.29 is 14.3 Å². The number of carbonyl (C=O) groups excluding carboxylic acids is 2. The fourth-order valence-corrected chi connectivity index (χ4v) is 4.19. The van der Waals surface area contributed by atoms with Gasteiger partial charge in [-0.25, -0.2) is 4.98 Å². The summed E-state index contributed by atoms with van der Waals surface area (Å²) in [4.78, 5) is 31.5. The lowest BCUT2D eigenvalue weighted by atomic mass is 10.0. The van der Waals surface area contributed by atoms with E-state index in [9.17, 15) is 9.59 Å². The van der Waals surface area contributed by atoms with Gasteiger partial charge >= 0.3 is 0 Å². The molecule has 1 N–H and O–H groups in total. The van der Waals surface area contributed by atoms with Crippen LogP contribution in [0.1, 0.15) is 22.4 Å². The van der Waals surface area contributed by atoms with Crippen LogP contribution in [0.4, 0.5) is 11.4 Å². The highest BCUT2D eigenvalue weighted by Gasteiger charge is 2.23. The topological polar surface area (TPSA) is 75.9 Å². The second kappa shape index (κ2) is 8.33. The molecule has 0 fully saturated rings. The van der Waals surface area contributed by atoms with Gasteiger partial charge in [-0.2, -0.15) is 0 Å². The van der Waals surface area contributed by atoms with Crippen molar-refractivity contribution in [1.29, 1.82) is 0 Å². The third-order valence-electron chi connectivity index (χ3n) is 6.32. The molecule has 3 heterocycles. The predicted molar refractivity (Wildman–Crippen MR) is 133 cm³/mol. The van der Waals surface area contributed by atoms with Gasteiger partial charge in [0.15, 0.2) is 6.61 Å². The maximum absolute atomic E-state index is 13.1. The maximum atomic E-state index is 13.1.